The van der Waals surface area contributed by atoms with E-state index in [1.807, 2.05) is 18.7 Å². The number of fused-ring (bicyclic) bond motifs is 5. The Labute approximate surface area is 283 Å². The molecule has 0 radical (unpaired) electrons. The molecule has 2 fully saturated rings. The normalized spacial score (nSPS) is 26.1. The third kappa shape index (κ3) is 5.75. The van der Waals surface area contributed by atoms with Gasteiger partial charge in [0.1, 0.15) is 11.6 Å². The van der Waals surface area contributed by atoms with Crippen LogP contribution in [0, 0.1) is 11.8 Å². The van der Waals surface area contributed by atoms with E-state index < -0.39 is 6.04 Å². The molecule has 2 saturated heterocycles. The Morgan fingerprint density at radius 1 is 1.06 bits per heavy atom. The first kappa shape index (κ1) is 31.0. The van der Waals surface area contributed by atoms with Gasteiger partial charge in [-0.1, -0.05) is 51.1 Å². The van der Waals surface area contributed by atoms with Crippen molar-refractivity contribution in [2.75, 3.05) is 19.7 Å². The van der Waals surface area contributed by atoms with E-state index in [-0.39, 0.29) is 17.9 Å². The maximum absolute atomic E-state index is 13.2. The fourth-order valence-electron chi connectivity index (χ4n) is 8.18. The second-order valence-electron chi connectivity index (χ2n) is 14.7. The molecule has 0 saturated carbocycles. The van der Waals surface area contributed by atoms with Crippen LogP contribution < -0.4 is 26.4 Å². The maximum atomic E-state index is 13.2. The average Bonchev–Trinajstić information content (AvgIpc) is 3.92. The minimum absolute atomic E-state index is 0.0330. The molecule has 0 spiro atoms. The third-order valence-corrected chi connectivity index (χ3v) is 11.2. The number of H-pyrrole nitrogens is 1. The molecule has 2 bridgehead atoms. The Balaban J connectivity index is 1.05. The lowest BCUT2D eigenvalue weighted by Gasteiger charge is -2.28. The predicted octanol–water partition coefficient (Wildman–Crippen LogP) is 6.47. The van der Waals surface area contributed by atoms with Gasteiger partial charge in [0.25, 0.3) is 0 Å². The van der Waals surface area contributed by atoms with Gasteiger partial charge in [-0.15, -0.1) is 0 Å². The summed E-state index contributed by atoms with van der Waals surface area (Å²) in [5.74, 6) is 2.91. The van der Waals surface area contributed by atoms with Crippen molar-refractivity contribution in [1.82, 2.24) is 25.8 Å². The summed E-state index contributed by atoms with van der Waals surface area (Å²) in [7, 11) is 0. The van der Waals surface area contributed by atoms with Crippen LogP contribution >= 0.6 is 0 Å². The number of hydrogen-bond donors (Lipinski definition) is 5. The monoisotopic (exact) mass is 644 g/mol. The molecule has 1 aromatic heterocycles. The number of likely N-dealkylation sites (tertiary alicyclic amines) is 1. The van der Waals surface area contributed by atoms with Gasteiger partial charge in [-0.05, 0) is 97.5 Å². The number of nitrogens with zero attached hydrogens (tertiary/aromatic N) is 1. The van der Waals surface area contributed by atoms with Gasteiger partial charge in [0, 0.05) is 52.8 Å². The molecule has 1 aliphatic carbocycles. The Bertz CT molecular complexity index is 1810. The van der Waals surface area contributed by atoms with Gasteiger partial charge in [-0.25, -0.2) is 0 Å². The van der Waals surface area contributed by atoms with Crippen LogP contribution in [0.1, 0.15) is 92.8 Å². The number of nitrogens with one attached hydrogen (secondary N) is 4. The number of benzene rings is 2. The molecule has 4 aliphatic heterocycles. The molecule has 1 amide bonds. The molecule has 6 N–H and O–H groups in total. The molecule has 3 aromatic rings. The first-order valence-corrected chi connectivity index (χ1v) is 17.9. The molecule has 5 heterocycles. The summed E-state index contributed by atoms with van der Waals surface area (Å²) in [6.07, 6.45) is 12.1. The summed E-state index contributed by atoms with van der Waals surface area (Å²) in [5.41, 5.74) is 16.9. The molecule has 8 rings (SSSR count). The fraction of sp³-hybridized carbons (Fsp3) is 0.425. The zero-order valence-corrected chi connectivity index (χ0v) is 28.3. The van der Waals surface area contributed by atoms with E-state index in [4.69, 9.17) is 10.5 Å². The van der Waals surface area contributed by atoms with Crippen LogP contribution in [0.4, 0.5) is 0 Å². The first-order valence-electron chi connectivity index (χ1n) is 17.9. The third-order valence-electron chi connectivity index (χ3n) is 11.2. The molecule has 8 nitrogen and oxygen atoms in total. The van der Waals surface area contributed by atoms with E-state index in [1.165, 1.54) is 40.7 Å². The zero-order chi connectivity index (χ0) is 32.9. The molecule has 2 aromatic carbocycles. The number of amides is 1. The number of nitrogens with two attached hydrogens (primary N) is 1. The lowest BCUT2D eigenvalue weighted by atomic mass is 9.84. The summed E-state index contributed by atoms with van der Waals surface area (Å²) < 4.78 is 6.58. The van der Waals surface area contributed by atoms with Gasteiger partial charge in [-0.3, -0.25) is 4.79 Å². The largest absolute Gasteiger partial charge is 0.493 e. The second kappa shape index (κ2) is 12.6. The highest BCUT2D eigenvalue weighted by molar-refractivity contribution is 5.88. The highest BCUT2D eigenvalue weighted by atomic mass is 16.5. The lowest BCUT2D eigenvalue weighted by Crippen LogP contribution is -2.46. The highest BCUT2D eigenvalue weighted by Gasteiger charge is 2.35. The quantitative estimate of drug-likeness (QED) is 0.211. The van der Waals surface area contributed by atoms with E-state index >= 15 is 0 Å². The summed E-state index contributed by atoms with van der Waals surface area (Å²) in [5, 5.41) is 10.6. The van der Waals surface area contributed by atoms with Crippen LogP contribution in [-0.4, -0.2) is 47.6 Å². The van der Waals surface area contributed by atoms with Crippen molar-refractivity contribution in [3.05, 3.63) is 94.6 Å². The van der Waals surface area contributed by atoms with Crippen molar-refractivity contribution in [1.29, 1.82) is 0 Å². The molecule has 250 valence electrons. The smallest absolute Gasteiger partial charge is 0.240 e. The molecule has 48 heavy (non-hydrogen) atoms. The number of rotatable bonds is 6. The molecule has 5 aliphatic rings. The number of ether oxygens (including phenoxy) is 1. The summed E-state index contributed by atoms with van der Waals surface area (Å²) >= 11 is 0. The number of carbonyl (C=O) groups excluding carboxylic acids is 1. The molecular formula is C40H48N6O2. The standard InChI is InChI=1S/C40H48N6O2/c1-23(2)39(41)40(47)46-15-5-7-36(46)34-13-12-33(44-34)26-9-11-32-28-17-27-16-25(35-21-43-38(45-35)20-30-6-4-14-42-30)8-10-31(27)24(3)29(18-28)22-48-37(32)19-26/h8-13,16-17,19-21,23-24,29-30,36,39,42-45H,4-7,14-15,18,22,41H2,1-3H3. The molecule has 5 unspecified atom stereocenters. The molecule has 8 heteroatoms. The number of carbonyl (C=O) groups is 1. The van der Waals surface area contributed by atoms with Crippen LogP contribution in [0.25, 0.3) is 28.6 Å². The van der Waals surface area contributed by atoms with Crippen LogP contribution in [0.3, 0.4) is 0 Å². The minimum Gasteiger partial charge on any atom is -0.493 e. The Hall–Kier alpha value is -4.27. The lowest BCUT2D eigenvalue weighted by molar-refractivity contribution is -0.134. The summed E-state index contributed by atoms with van der Waals surface area (Å²) in [6, 6.07) is 17.8. The second-order valence-corrected chi connectivity index (χ2v) is 14.7. The zero-order valence-electron chi connectivity index (χ0n) is 28.3. The topological polar surface area (TPSA) is 107 Å². The van der Waals surface area contributed by atoms with Gasteiger partial charge in [0.15, 0.2) is 0 Å². The van der Waals surface area contributed by atoms with E-state index in [0.29, 0.717) is 24.5 Å². The molecular weight excluding hydrogens is 596 g/mol. The predicted molar refractivity (Wildman–Crippen MR) is 192 cm³/mol. The number of allylic oxidation sites excluding steroid dienone is 1. The van der Waals surface area contributed by atoms with E-state index in [1.54, 1.807) is 0 Å². The van der Waals surface area contributed by atoms with Gasteiger partial charge in [0.05, 0.1) is 24.4 Å². The van der Waals surface area contributed by atoms with Crippen molar-refractivity contribution in [3.63, 3.8) is 0 Å². The summed E-state index contributed by atoms with van der Waals surface area (Å²) in [6.45, 7) is 8.89. The highest BCUT2D eigenvalue weighted by Crippen LogP contribution is 2.46. The number of aromatic nitrogens is 1. The van der Waals surface area contributed by atoms with Crippen LogP contribution in [0.2, 0.25) is 0 Å². The van der Waals surface area contributed by atoms with Crippen LogP contribution in [0.5, 0.6) is 5.75 Å². The van der Waals surface area contributed by atoms with Crippen molar-refractivity contribution in [3.8, 4) is 17.0 Å². The SMILES string of the molecule is CC(C)C(N)C(=O)N1CCCC1c1ccc(-c2ccc3c(c2)OCC2CC3=Cc3cc(C4=CNC(=CC5CCCN5)N4)ccc3C2C)[nH]1. The van der Waals surface area contributed by atoms with Gasteiger partial charge >= 0.3 is 0 Å². The van der Waals surface area contributed by atoms with Gasteiger partial charge < -0.3 is 36.3 Å². The first-order chi connectivity index (χ1) is 23.3. The summed E-state index contributed by atoms with van der Waals surface area (Å²) in [4.78, 5) is 18.8. The Morgan fingerprint density at radius 2 is 1.94 bits per heavy atom. The average molecular weight is 645 g/mol. The number of hydrogen-bond acceptors (Lipinski definition) is 6. The Morgan fingerprint density at radius 3 is 2.77 bits per heavy atom. The van der Waals surface area contributed by atoms with E-state index in [9.17, 15) is 4.79 Å². The van der Waals surface area contributed by atoms with Gasteiger partial charge in [0.2, 0.25) is 5.91 Å². The molecule has 5 atom stereocenters. The van der Waals surface area contributed by atoms with E-state index in [0.717, 1.165) is 66.6 Å². The van der Waals surface area contributed by atoms with Crippen molar-refractivity contribution in [2.45, 2.75) is 76.9 Å². The van der Waals surface area contributed by atoms with Gasteiger partial charge in [-0.2, -0.15) is 0 Å². The van der Waals surface area contributed by atoms with Crippen LogP contribution in [-0.2, 0) is 4.79 Å². The van der Waals surface area contributed by atoms with Crippen molar-refractivity contribution < 1.29 is 9.53 Å². The minimum atomic E-state index is -0.469. The fourth-order valence-corrected chi connectivity index (χ4v) is 8.18. The maximum Gasteiger partial charge on any atom is 0.240 e. The van der Waals surface area contributed by atoms with Crippen LogP contribution in [0.15, 0.2) is 66.6 Å². The van der Waals surface area contributed by atoms with Crippen molar-refractivity contribution in [2.24, 2.45) is 17.6 Å². The van der Waals surface area contributed by atoms with E-state index in [2.05, 4.69) is 94.7 Å². The van der Waals surface area contributed by atoms with Crippen molar-refractivity contribution >= 4 is 23.3 Å². The Kier molecular flexibility index (Phi) is 8.17. The number of aromatic amines is 1.